The predicted molar refractivity (Wildman–Crippen MR) is 78.2 cm³/mol. The quantitative estimate of drug-likeness (QED) is 0.810. The third-order valence-electron chi connectivity index (χ3n) is 3.62. The average Bonchev–Trinajstić information content (AvgIpc) is 2.53. The Balaban J connectivity index is 3.33. The molecule has 1 aliphatic rings. The number of hydrogen-bond acceptors (Lipinski definition) is 3. The molecule has 0 spiro atoms. The van der Waals surface area contributed by atoms with Crippen LogP contribution in [0.3, 0.4) is 0 Å². The third kappa shape index (κ3) is 3.14. The van der Waals surface area contributed by atoms with Gasteiger partial charge in [0.1, 0.15) is 6.04 Å². The Morgan fingerprint density at radius 1 is 1.45 bits per heavy atom. The first-order chi connectivity index (χ1) is 9.11. The maximum atomic E-state index is 11.8. The van der Waals surface area contributed by atoms with Crippen molar-refractivity contribution < 1.29 is 14.7 Å². The molecule has 1 heterocycles. The molecule has 0 unspecified atom stereocenters. The molecule has 1 rings (SSSR count). The molecule has 1 amide bonds. The van der Waals surface area contributed by atoms with Gasteiger partial charge < -0.3 is 15.3 Å². The Morgan fingerprint density at radius 2 is 2.00 bits per heavy atom. The fraction of sp³-hybridized carbons (Fsp3) is 0.733. The van der Waals surface area contributed by atoms with Crippen molar-refractivity contribution in [2.45, 2.75) is 72.0 Å². The lowest BCUT2D eigenvalue weighted by atomic mass is 9.96. The van der Waals surface area contributed by atoms with Crippen LogP contribution in [0.2, 0.25) is 0 Å². The van der Waals surface area contributed by atoms with Crippen LogP contribution in [0.15, 0.2) is 11.3 Å². The van der Waals surface area contributed by atoms with Crippen LogP contribution in [0.25, 0.3) is 0 Å². The van der Waals surface area contributed by atoms with E-state index in [0.29, 0.717) is 12.0 Å². The lowest BCUT2D eigenvalue weighted by molar-refractivity contribution is -0.144. The van der Waals surface area contributed by atoms with Crippen LogP contribution < -0.4 is 5.32 Å². The molecule has 2 atom stereocenters. The minimum Gasteiger partial charge on any atom is -0.480 e. The van der Waals surface area contributed by atoms with Gasteiger partial charge in [-0.3, -0.25) is 4.79 Å². The number of nitrogens with one attached hydrogen (secondary N) is 1. The van der Waals surface area contributed by atoms with E-state index < -0.39 is 12.0 Å². The van der Waals surface area contributed by atoms with Crippen molar-refractivity contribution in [1.29, 1.82) is 0 Å². The first-order valence-corrected chi connectivity index (χ1v) is 7.15. The number of rotatable bonds is 5. The first-order valence-electron chi connectivity index (χ1n) is 7.15. The van der Waals surface area contributed by atoms with Gasteiger partial charge in [-0.2, -0.15) is 0 Å². The SMILES string of the molecule is CCC[C@@H](C(=O)O)N(C1=C(C)C(=O)N[C@H]1C)C(C)(C)C. The number of hydrogen-bond donors (Lipinski definition) is 2. The zero-order chi connectivity index (χ0) is 15.7. The Kier molecular flexibility index (Phi) is 4.84. The number of nitrogens with zero attached hydrogens (tertiary/aromatic N) is 1. The molecule has 0 saturated heterocycles. The maximum Gasteiger partial charge on any atom is 0.326 e. The summed E-state index contributed by atoms with van der Waals surface area (Å²) in [7, 11) is 0. The summed E-state index contributed by atoms with van der Waals surface area (Å²) in [6, 6.07) is -0.763. The van der Waals surface area contributed by atoms with Crippen molar-refractivity contribution in [3.8, 4) is 0 Å². The molecule has 1 aliphatic heterocycles. The van der Waals surface area contributed by atoms with E-state index in [2.05, 4.69) is 5.32 Å². The highest BCUT2D eigenvalue weighted by atomic mass is 16.4. The van der Waals surface area contributed by atoms with Gasteiger partial charge in [0, 0.05) is 16.8 Å². The summed E-state index contributed by atoms with van der Waals surface area (Å²) in [4.78, 5) is 25.4. The molecule has 0 radical (unpaired) electrons. The standard InChI is InChI=1S/C15H26N2O3/c1-7-8-11(14(19)20)17(15(4,5)6)12-9(2)13(18)16-10(12)3/h10-11H,7-8H2,1-6H3,(H,16,18)(H,19,20)/t10-,11-/m0/s1. The van der Waals surface area contributed by atoms with E-state index in [9.17, 15) is 14.7 Å². The highest BCUT2D eigenvalue weighted by Crippen LogP contribution is 2.32. The van der Waals surface area contributed by atoms with Gasteiger partial charge in [0.05, 0.1) is 6.04 Å². The number of aliphatic carboxylic acids is 1. The Morgan fingerprint density at radius 3 is 2.30 bits per heavy atom. The molecule has 0 saturated carbocycles. The lowest BCUT2D eigenvalue weighted by Crippen LogP contribution is -2.53. The molecule has 0 fully saturated rings. The van der Waals surface area contributed by atoms with Gasteiger partial charge in [0.25, 0.3) is 0 Å². The van der Waals surface area contributed by atoms with Gasteiger partial charge in [-0.25, -0.2) is 4.79 Å². The second-order valence-electron chi connectivity index (χ2n) is 6.39. The van der Waals surface area contributed by atoms with Crippen LogP contribution in [-0.4, -0.2) is 39.5 Å². The Bertz CT molecular complexity index is 435. The fourth-order valence-corrected chi connectivity index (χ4v) is 2.84. The molecule has 0 bridgehead atoms. The number of carbonyl (C=O) groups excluding carboxylic acids is 1. The Labute approximate surface area is 121 Å². The molecule has 5 heteroatoms. The second kappa shape index (κ2) is 5.85. The van der Waals surface area contributed by atoms with E-state index in [1.54, 1.807) is 6.92 Å². The van der Waals surface area contributed by atoms with E-state index in [0.717, 1.165) is 12.1 Å². The summed E-state index contributed by atoms with van der Waals surface area (Å²) in [6.07, 6.45) is 1.34. The van der Waals surface area contributed by atoms with Crippen molar-refractivity contribution in [3.05, 3.63) is 11.3 Å². The predicted octanol–water partition coefficient (Wildman–Crippen LogP) is 2.13. The molecule has 0 aliphatic carbocycles. The largest absolute Gasteiger partial charge is 0.480 e. The molecule has 20 heavy (non-hydrogen) atoms. The lowest BCUT2D eigenvalue weighted by Gasteiger charge is -2.44. The van der Waals surface area contributed by atoms with E-state index >= 15 is 0 Å². The van der Waals surface area contributed by atoms with Crippen LogP contribution in [0.5, 0.6) is 0 Å². The first kappa shape index (κ1) is 16.5. The summed E-state index contributed by atoms with van der Waals surface area (Å²) in [5.41, 5.74) is 1.06. The second-order valence-corrected chi connectivity index (χ2v) is 6.39. The van der Waals surface area contributed by atoms with Crippen LogP contribution in [0.1, 0.15) is 54.4 Å². The zero-order valence-corrected chi connectivity index (χ0v) is 13.3. The van der Waals surface area contributed by atoms with E-state index in [-0.39, 0.29) is 17.5 Å². The van der Waals surface area contributed by atoms with Gasteiger partial charge in [-0.05, 0) is 41.0 Å². The monoisotopic (exact) mass is 282 g/mol. The Hall–Kier alpha value is -1.52. The summed E-state index contributed by atoms with van der Waals surface area (Å²) < 4.78 is 0. The summed E-state index contributed by atoms with van der Waals surface area (Å²) >= 11 is 0. The van der Waals surface area contributed by atoms with Crippen LogP contribution in [0, 0.1) is 0 Å². The molecule has 0 aromatic heterocycles. The number of carboxylic acids is 1. The molecule has 0 aromatic carbocycles. The molecule has 0 aromatic rings. The van der Waals surface area contributed by atoms with Crippen molar-refractivity contribution in [1.82, 2.24) is 10.2 Å². The maximum absolute atomic E-state index is 11.8. The number of amides is 1. The minimum absolute atomic E-state index is 0.109. The van der Waals surface area contributed by atoms with Crippen molar-refractivity contribution in [3.63, 3.8) is 0 Å². The van der Waals surface area contributed by atoms with Crippen molar-refractivity contribution in [2.24, 2.45) is 0 Å². The van der Waals surface area contributed by atoms with Crippen molar-refractivity contribution in [2.75, 3.05) is 0 Å². The summed E-state index contributed by atoms with van der Waals surface area (Å²) in [5, 5.41) is 12.4. The van der Waals surface area contributed by atoms with Crippen molar-refractivity contribution >= 4 is 11.9 Å². The summed E-state index contributed by atoms with van der Waals surface area (Å²) in [6.45, 7) is 11.6. The fourth-order valence-electron chi connectivity index (χ4n) is 2.84. The molecular weight excluding hydrogens is 256 g/mol. The molecule has 114 valence electrons. The average molecular weight is 282 g/mol. The number of carboxylic acid groups (broad SMARTS) is 1. The van der Waals surface area contributed by atoms with Gasteiger partial charge in [-0.1, -0.05) is 13.3 Å². The van der Waals surface area contributed by atoms with E-state index in [1.165, 1.54) is 0 Å². The van der Waals surface area contributed by atoms with Gasteiger partial charge in [0.15, 0.2) is 0 Å². The van der Waals surface area contributed by atoms with E-state index in [4.69, 9.17) is 0 Å². The van der Waals surface area contributed by atoms with Gasteiger partial charge in [0.2, 0.25) is 5.91 Å². The van der Waals surface area contributed by atoms with E-state index in [1.807, 2.05) is 39.5 Å². The number of carbonyl (C=O) groups is 2. The highest BCUT2D eigenvalue weighted by Gasteiger charge is 2.40. The van der Waals surface area contributed by atoms with Crippen LogP contribution in [-0.2, 0) is 9.59 Å². The molecule has 2 N–H and O–H groups in total. The van der Waals surface area contributed by atoms with Gasteiger partial charge >= 0.3 is 5.97 Å². The van der Waals surface area contributed by atoms with Crippen LogP contribution in [0.4, 0.5) is 0 Å². The molecule has 5 nitrogen and oxygen atoms in total. The van der Waals surface area contributed by atoms with Gasteiger partial charge in [-0.15, -0.1) is 0 Å². The van der Waals surface area contributed by atoms with Crippen LogP contribution >= 0.6 is 0 Å². The minimum atomic E-state index is -0.839. The molecular formula is C15H26N2O3. The topological polar surface area (TPSA) is 69.6 Å². The third-order valence-corrected chi connectivity index (χ3v) is 3.62. The summed E-state index contributed by atoms with van der Waals surface area (Å²) in [5.74, 6) is -0.948. The normalized spacial score (nSPS) is 20.9. The smallest absolute Gasteiger partial charge is 0.326 e. The zero-order valence-electron chi connectivity index (χ0n) is 13.3. The highest BCUT2D eigenvalue weighted by molar-refractivity contribution is 5.97.